The third-order valence-corrected chi connectivity index (χ3v) is 5.07. The van der Waals surface area contributed by atoms with E-state index in [1.165, 1.54) is 48.4 Å². The fourth-order valence-corrected chi connectivity index (χ4v) is 3.53. The van der Waals surface area contributed by atoms with Crippen LogP contribution in [-0.4, -0.2) is 29.1 Å². The van der Waals surface area contributed by atoms with Gasteiger partial charge in [-0.3, -0.25) is 14.7 Å². The van der Waals surface area contributed by atoms with E-state index in [1.807, 2.05) is 0 Å². The fourth-order valence-electron chi connectivity index (χ4n) is 2.97. The first-order valence-corrected chi connectivity index (χ1v) is 9.78. The van der Waals surface area contributed by atoms with Crippen LogP contribution in [0.1, 0.15) is 5.56 Å². The summed E-state index contributed by atoms with van der Waals surface area (Å²) < 4.78 is 36.7. The number of aryl methyl sites for hydroxylation is 1. The molecule has 0 N–H and O–H groups in total. The van der Waals surface area contributed by atoms with Crippen molar-refractivity contribution in [2.24, 2.45) is 7.05 Å². The van der Waals surface area contributed by atoms with Gasteiger partial charge in [-0.05, 0) is 52.3 Å². The Bertz CT molecular complexity index is 1360. The smallest absolute Gasteiger partial charge is 0.365 e. The molecule has 0 bridgehead atoms. The van der Waals surface area contributed by atoms with Gasteiger partial charge in [0.2, 0.25) is 4.60 Å². The van der Waals surface area contributed by atoms with Crippen molar-refractivity contribution < 1.29 is 18.4 Å². The molecule has 0 amide bonds. The van der Waals surface area contributed by atoms with Gasteiger partial charge in [0.25, 0.3) is 5.88 Å². The predicted molar refractivity (Wildman–Crippen MR) is 111 cm³/mol. The lowest BCUT2D eigenvalue weighted by Gasteiger charge is -2.06. The van der Waals surface area contributed by atoms with Gasteiger partial charge in [-0.15, -0.1) is 0 Å². The highest BCUT2D eigenvalue weighted by Gasteiger charge is 2.27. The van der Waals surface area contributed by atoms with Crippen LogP contribution in [0.5, 0.6) is 11.6 Å². The summed E-state index contributed by atoms with van der Waals surface area (Å²) in [6, 6.07) is 9.45. The van der Waals surface area contributed by atoms with E-state index in [0.717, 1.165) is 21.4 Å². The number of hydrogen-bond acceptors (Lipinski definition) is 6. The molecule has 0 saturated carbocycles. The highest BCUT2D eigenvalue weighted by atomic mass is 79.9. The quantitative estimate of drug-likeness (QED) is 0.292. The van der Waals surface area contributed by atoms with Crippen molar-refractivity contribution in [2.45, 2.75) is 6.54 Å². The molecule has 0 radical (unpaired) electrons. The fraction of sp³-hybridized carbons (Fsp3) is 0.105. The van der Waals surface area contributed by atoms with E-state index in [2.05, 4.69) is 26.1 Å². The second-order valence-electron chi connectivity index (χ2n) is 6.57. The number of rotatable bonds is 6. The highest BCUT2D eigenvalue weighted by molar-refractivity contribution is 9.10. The van der Waals surface area contributed by atoms with Crippen LogP contribution >= 0.6 is 15.9 Å². The Morgan fingerprint density at radius 2 is 1.81 bits per heavy atom. The second kappa shape index (κ2) is 8.34. The maximum Gasteiger partial charge on any atom is 0.365 e. The average Bonchev–Trinajstić information content (AvgIpc) is 3.24. The number of nitro groups is 1. The van der Waals surface area contributed by atoms with E-state index in [1.54, 1.807) is 0 Å². The zero-order valence-corrected chi connectivity index (χ0v) is 17.9. The lowest BCUT2D eigenvalue weighted by atomic mass is 10.2. The lowest BCUT2D eigenvalue weighted by Crippen LogP contribution is -2.24. The van der Waals surface area contributed by atoms with E-state index in [0.29, 0.717) is 5.69 Å². The van der Waals surface area contributed by atoms with Gasteiger partial charge in [-0.25, -0.2) is 18.3 Å². The normalized spacial score (nSPS) is 11.0. The number of nitrogens with zero attached hydrogens (tertiary/aromatic N) is 6. The van der Waals surface area contributed by atoms with Gasteiger partial charge in [0.05, 0.1) is 17.2 Å². The standard InChI is InChI=1S/C19H13BrF2N6O4/c1-25-18(16(28(30)31)17(20)24-25)32-12-7-5-11(6-8-12)27-19(29)26(10-23-27)9-13-14(21)3-2-4-15(13)22/h2-8,10H,9H2,1H3. The van der Waals surface area contributed by atoms with Crippen LogP contribution in [0.4, 0.5) is 14.5 Å². The SMILES string of the molecule is Cn1nc(Br)c([N+](=O)[O-])c1Oc1ccc(-n2ncn(Cc3c(F)cccc3F)c2=O)cc1. The Hall–Kier alpha value is -3.87. The van der Waals surface area contributed by atoms with Crippen molar-refractivity contribution in [3.63, 3.8) is 0 Å². The third kappa shape index (κ3) is 3.89. The first-order chi connectivity index (χ1) is 15.3. The molecule has 0 unspecified atom stereocenters. The summed E-state index contributed by atoms with van der Waals surface area (Å²) >= 11 is 3.02. The van der Waals surface area contributed by atoms with Crippen molar-refractivity contribution in [3.8, 4) is 17.3 Å². The summed E-state index contributed by atoms with van der Waals surface area (Å²) in [6.45, 7) is -0.322. The molecule has 2 aromatic carbocycles. The number of ether oxygens (including phenoxy) is 1. The topological polar surface area (TPSA) is 110 Å². The molecular weight excluding hydrogens is 494 g/mol. The molecule has 0 aliphatic carbocycles. The number of halogens is 3. The summed E-state index contributed by atoms with van der Waals surface area (Å²) in [6.07, 6.45) is 1.18. The molecule has 0 atom stereocenters. The maximum atomic E-state index is 13.9. The molecule has 13 heteroatoms. The molecule has 2 aromatic heterocycles. The average molecular weight is 507 g/mol. The van der Waals surface area contributed by atoms with Gasteiger partial charge in [0.15, 0.2) is 0 Å². The number of benzene rings is 2. The summed E-state index contributed by atoms with van der Waals surface area (Å²) in [5, 5.41) is 19.1. The van der Waals surface area contributed by atoms with E-state index >= 15 is 0 Å². The largest absolute Gasteiger partial charge is 0.434 e. The molecule has 0 fully saturated rings. The van der Waals surface area contributed by atoms with Crippen LogP contribution in [0.3, 0.4) is 0 Å². The van der Waals surface area contributed by atoms with Crippen molar-refractivity contribution in [3.05, 3.63) is 91.2 Å². The summed E-state index contributed by atoms with van der Waals surface area (Å²) in [5.74, 6) is -1.35. The van der Waals surface area contributed by atoms with Crippen molar-refractivity contribution in [1.82, 2.24) is 24.1 Å². The first-order valence-electron chi connectivity index (χ1n) is 8.98. The Balaban J connectivity index is 1.58. The van der Waals surface area contributed by atoms with Crippen LogP contribution in [-0.2, 0) is 13.6 Å². The zero-order valence-electron chi connectivity index (χ0n) is 16.3. The molecule has 32 heavy (non-hydrogen) atoms. The molecule has 164 valence electrons. The van der Waals surface area contributed by atoms with E-state index in [4.69, 9.17) is 4.74 Å². The van der Waals surface area contributed by atoms with E-state index in [-0.39, 0.29) is 34.0 Å². The highest BCUT2D eigenvalue weighted by Crippen LogP contribution is 2.36. The second-order valence-corrected chi connectivity index (χ2v) is 7.33. The van der Waals surface area contributed by atoms with Crippen LogP contribution in [0.25, 0.3) is 5.69 Å². The van der Waals surface area contributed by atoms with Crippen LogP contribution in [0.2, 0.25) is 0 Å². The van der Waals surface area contributed by atoms with Gasteiger partial charge in [-0.2, -0.15) is 14.9 Å². The number of aromatic nitrogens is 5. The molecular formula is C19H13BrF2N6O4. The van der Waals surface area contributed by atoms with Crippen molar-refractivity contribution >= 4 is 21.6 Å². The molecule has 4 aromatic rings. The number of hydrogen-bond donors (Lipinski definition) is 0. The van der Waals surface area contributed by atoms with Crippen LogP contribution in [0, 0.1) is 21.7 Å². The van der Waals surface area contributed by atoms with Crippen LogP contribution in [0.15, 0.2) is 58.2 Å². The van der Waals surface area contributed by atoms with Crippen molar-refractivity contribution in [1.29, 1.82) is 0 Å². The minimum absolute atomic E-state index is 0.0278. The Morgan fingerprint density at radius 1 is 1.16 bits per heavy atom. The third-order valence-electron chi connectivity index (χ3n) is 4.53. The zero-order chi connectivity index (χ0) is 23.0. The molecule has 0 saturated heterocycles. The van der Waals surface area contributed by atoms with Crippen molar-refractivity contribution in [2.75, 3.05) is 0 Å². The molecule has 0 spiro atoms. The molecule has 0 aliphatic rings. The van der Waals surface area contributed by atoms with E-state index in [9.17, 15) is 23.7 Å². The molecule has 2 heterocycles. The Kier molecular flexibility index (Phi) is 5.57. The summed E-state index contributed by atoms with van der Waals surface area (Å²) in [4.78, 5) is 23.3. The summed E-state index contributed by atoms with van der Waals surface area (Å²) in [7, 11) is 1.49. The van der Waals surface area contributed by atoms with Crippen LogP contribution < -0.4 is 10.4 Å². The Morgan fingerprint density at radius 3 is 2.44 bits per heavy atom. The molecule has 0 aliphatic heterocycles. The maximum absolute atomic E-state index is 13.9. The van der Waals surface area contributed by atoms with Gasteiger partial charge in [-0.1, -0.05) is 6.07 Å². The van der Waals surface area contributed by atoms with Gasteiger partial charge < -0.3 is 4.74 Å². The summed E-state index contributed by atoms with van der Waals surface area (Å²) in [5.41, 5.74) is -0.822. The van der Waals surface area contributed by atoms with Gasteiger partial charge in [0, 0.05) is 12.6 Å². The minimum Gasteiger partial charge on any atom is -0.434 e. The molecule has 10 nitrogen and oxygen atoms in total. The Labute approximate surface area is 186 Å². The predicted octanol–water partition coefficient (Wildman–Crippen LogP) is 3.56. The van der Waals surface area contributed by atoms with E-state index < -0.39 is 22.2 Å². The molecule has 4 rings (SSSR count). The van der Waals surface area contributed by atoms with Gasteiger partial charge >= 0.3 is 11.4 Å². The van der Waals surface area contributed by atoms with Gasteiger partial charge in [0.1, 0.15) is 23.7 Å². The first kappa shape index (κ1) is 21.4. The lowest BCUT2D eigenvalue weighted by molar-refractivity contribution is -0.386. The minimum atomic E-state index is -0.762. The monoisotopic (exact) mass is 506 g/mol.